The maximum Gasteiger partial charge on any atom is 0.324 e. The van der Waals surface area contributed by atoms with Gasteiger partial charge in [-0.2, -0.15) is 0 Å². The summed E-state index contributed by atoms with van der Waals surface area (Å²) in [6, 6.07) is 17.7. The molecule has 6 nitrogen and oxygen atoms in total. The number of nitrogens with one attached hydrogen (secondary N) is 1. The molecule has 3 amide bonds. The van der Waals surface area contributed by atoms with Crippen molar-refractivity contribution in [2.45, 2.75) is 24.8 Å². The van der Waals surface area contributed by atoms with Gasteiger partial charge in [0.25, 0.3) is 5.91 Å². The number of urea groups is 1. The molecule has 168 valence electrons. The molecule has 2 heterocycles. The predicted molar refractivity (Wildman–Crippen MR) is 125 cm³/mol. The summed E-state index contributed by atoms with van der Waals surface area (Å²) >= 11 is 0. The average Bonchev–Trinajstić information content (AvgIpc) is 3.04. The first-order chi connectivity index (χ1) is 15.5. The lowest BCUT2D eigenvalue weighted by molar-refractivity contribution is -0.133. The molecule has 32 heavy (non-hydrogen) atoms. The zero-order chi connectivity index (χ0) is 22.6. The highest BCUT2D eigenvalue weighted by atomic mass is 16.5. The van der Waals surface area contributed by atoms with Crippen molar-refractivity contribution in [3.63, 3.8) is 0 Å². The fourth-order valence-electron chi connectivity index (χ4n) is 4.88. The number of imide groups is 1. The number of rotatable bonds is 7. The van der Waals surface area contributed by atoms with Crippen molar-refractivity contribution in [1.29, 1.82) is 0 Å². The SMILES string of the molecule is COc1cccc(C[C@@]2(C3CCN(C/C=C/c4ccccc4)CC3)NC(=O)N(C)C2=O)c1. The summed E-state index contributed by atoms with van der Waals surface area (Å²) in [6.07, 6.45) is 6.54. The van der Waals surface area contributed by atoms with Crippen LogP contribution in [0.5, 0.6) is 5.75 Å². The van der Waals surface area contributed by atoms with Crippen molar-refractivity contribution in [3.8, 4) is 5.75 Å². The number of methoxy groups -OCH3 is 1. The lowest BCUT2D eigenvalue weighted by Gasteiger charge is -2.40. The number of nitrogens with zero attached hydrogens (tertiary/aromatic N) is 2. The van der Waals surface area contributed by atoms with Gasteiger partial charge in [0.15, 0.2) is 0 Å². The van der Waals surface area contributed by atoms with Crippen molar-refractivity contribution in [1.82, 2.24) is 15.1 Å². The van der Waals surface area contributed by atoms with Crippen molar-refractivity contribution in [2.75, 3.05) is 33.8 Å². The van der Waals surface area contributed by atoms with Crippen LogP contribution < -0.4 is 10.1 Å². The number of carbonyl (C=O) groups excluding carboxylic acids is 2. The summed E-state index contributed by atoms with van der Waals surface area (Å²) in [7, 11) is 3.20. The van der Waals surface area contributed by atoms with Gasteiger partial charge in [0.2, 0.25) is 0 Å². The van der Waals surface area contributed by atoms with Crippen LogP contribution in [-0.4, -0.2) is 61.1 Å². The fraction of sp³-hybridized carbons (Fsp3) is 0.385. The largest absolute Gasteiger partial charge is 0.497 e. The number of hydrogen-bond acceptors (Lipinski definition) is 4. The van der Waals surface area contributed by atoms with Crippen LogP contribution in [-0.2, 0) is 11.2 Å². The van der Waals surface area contributed by atoms with Gasteiger partial charge < -0.3 is 10.1 Å². The first kappa shape index (κ1) is 22.1. The molecular weight excluding hydrogens is 402 g/mol. The first-order valence-corrected chi connectivity index (χ1v) is 11.2. The minimum absolute atomic E-state index is 0.0875. The second kappa shape index (κ2) is 9.57. The summed E-state index contributed by atoms with van der Waals surface area (Å²) < 4.78 is 5.35. The third kappa shape index (κ3) is 4.55. The quantitative estimate of drug-likeness (QED) is 0.678. The fourth-order valence-corrected chi connectivity index (χ4v) is 4.88. The van der Waals surface area contributed by atoms with E-state index in [9.17, 15) is 9.59 Å². The van der Waals surface area contributed by atoms with Crippen LogP contribution >= 0.6 is 0 Å². The van der Waals surface area contributed by atoms with Crippen LogP contribution in [0.15, 0.2) is 60.7 Å². The van der Waals surface area contributed by atoms with Crippen LogP contribution in [0.2, 0.25) is 0 Å². The van der Waals surface area contributed by atoms with Crippen LogP contribution in [0, 0.1) is 5.92 Å². The average molecular weight is 434 g/mol. The van der Waals surface area contributed by atoms with Crippen molar-refractivity contribution in [2.24, 2.45) is 5.92 Å². The van der Waals surface area contributed by atoms with Gasteiger partial charge in [0, 0.05) is 20.0 Å². The number of benzene rings is 2. The molecule has 2 aliphatic rings. The molecule has 2 aromatic rings. The maximum atomic E-state index is 13.3. The van der Waals surface area contributed by atoms with E-state index in [4.69, 9.17) is 4.74 Å². The summed E-state index contributed by atoms with van der Waals surface area (Å²) in [6.45, 7) is 2.68. The Balaban J connectivity index is 1.45. The number of hydrogen-bond donors (Lipinski definition) is 1. The van der Waals surface area contributed by atoms with Gasteiger partial charge in [0.1, 0.15) is 11.3 Å². The molecule has 0 spiro atoms. The Hall–Kier alpha value is -3.12. The molecule has 2 fully saturated rings. The van der Waals surface area contributed by atoms with Crippen molar-refractivity contribution >= 4 is 18.0 Å². The lowest BCUT2D eigenvalue weighted by atomic mass is 9.74. The Morgan fingerprint density at radius 2 is 1.84 bits per heavy atom. The minimum atomic E-state index is -0.899. The summed E-state index contributed by atoms with van der Waals surface area (Å²) in [5, 5.41) is 3.07. The Kier molecular flexibility index (Phi) is 6.61. The summed E-state index contributed by atoms with van der Waals surface area (Å²) in [5.74, 6) is 0.708. The molecule has 1 atom stereocenters. The van der Waals surface area contributed by atoms with Gasteiger partial charge >= 0.3 is 6.03 Å². The first-order valence-electron chi connectivity index (χ1n) is 11.2. The Labute approximate surface area is 189 Å². The van der Waals surface area contributed by atoms with E-state index in [0.717, 1.165) is 43.8 Å². The molecule has 0 bridgehead atoms. The molecule has 0 radical (unpaired) electrons. The van der Waals surface area contributed by atoms with Crippen LogP contribution in [0.25, 0.3) is 6.08 Å². The molecule has 2 saturated heterocycles. The van der Waals surface area contributed by atoms with E-state index in [1.165, 1.54) is 10.5 Å². The van der Waals surface area contributed by atoms with E-state index in [1.54, 1.807) is 14.2 Å². The smallest absolute Gasteiger partial charge is 0.324 e. The van der Waals surface area contributed by atoms with Gasteiger partial charge in [-0.05, 0) is 55.1 Å². The lowest BCUT2D eigenvalue weighted by Crippen LogP contribution is -2.57. The Morgan fingerprint density at radius 3 is 2.50 bits per heavy atom. The molecular formula is C26H31N3O3. The zero-order valence-electron chi connectivity index (χ0n) is 18.8. The second-order valence-electron chi connectivity index (χ2n) is 8.68. The third-order valence-corrected chi connectivity index (χ3v) is 6.70. The van der Waals surface area contributed by atoms with E-state index in [1.807, 2.05) is 42.5 Å². The van der Waals surface area contributed by atoms with E-state index >= 15 is 0 Å². The van der Waals surface area contributed by atoms with Gasteiger partial charge in [-0.15, -0.1) is 0 Å². The van der Waals surface area contributed by atoms with Gasteiger partial charge in [-0.25, -0.2) is 4.79 Å². The van der Waals surface area contributed by atoms with Crippen LogP contribution in [0.3, 0.4) is 0 Å². The zero-order valence-corrected chi connectivity index (χ0v) is 18.8. The van der Waals surface area contributed by atoms with Gasteiger partial charge in [-0.1, -0.05) is 54.6 Å². The molecule has 0 saturated carbocycles. The molecule has 0 unspecified atom stereocenters. The third-order valence-electron chi connectivity index (χ3n) is 6.70. The number of likely N-dealkylation sites (N-methyl/N-ethyl adjacent to an activating group) is 1. The highest BCUT2D eigenvalue weighted by Crippen LogP contribution is 2.36. The van der Waals surface area contributed by atoms with Gasteiger partial charge in [0.05, 0.1) is 7.11 Å². The highest BCUT2D eigenvalue weighted by Gasteiger charge is 2.54. The minimum Gasteiger partial charge on any atom is -0.497 e. The van der Waals surface area contributed by atoms with E-state index < -0.39 is 5.54 Å². The Bertz CT molecular complexity index is 983. The molecule has 2 aliphatic heterocycles. The Morgan fingerprint density at radius 1 is 1.09 bits per heavy atom. The van der Waals surface area contributed by atoms with Crippen molar-refractivity contribution in [3.05, 3.63) is 71.8 Å². The van der Waals surface area contributed by atoms with E-state index in [0.29, 0.717) is 6.42 Å². The highest BCUT2D eigenvalue weighted by molar-refractivity contribution is 6.07. The van der Waals surface area contributed by atoms with Crippen LogP contribution in [0.1, 0.15) is 24.0 Å². The maximum absolute atomic E-state index is 13.3. The van der Waals surface area contributed by atoms with Crippen molar-refractivity contribution < 1.29 is 14.3 Å². The number of piperidine rings is 1. The number of likely N-dealkylation sites (tertiary alicyclic amines) is 1. The molecule has 6 heteroatoms. The number of amides is 3. The molecule has 2 aromatic carbocycles. The predicted octanol–water partition coefficient (Wildman–Crippen LogP) is 3.58. The van der Waals surface area contributed by atoms with Gasteiger partial charge in [-0.3, -0.25) is 14.6 Å². The summed E-state index contributed by atoms with van der Waals surface area (Å²) in [4.78, 5) is 29.4. The molecule has 4 rings (SSSR count). The second-order valence-corrected chi connectivity index (χ2v) is 8.68. The topological polar surface area (TPSA) is 61.9 Å². The van der Waals surface area contributed by atoms with E-state index in [-0.39, 0.29) is 17.9 Å². The standard InChI is InChI=1S/C26H31N3O3/c1-28-24(30)26(27-25(28)31,19-21-10-6-12-23(18-21)32-2)22-13-16-29(17-14-22)15-7-11-20-8-4-3-5-9-20/h3-12,18,22H,13-17,19H2,1-2H3,(H,27,31)/b11-7+/t26-/m0/s1. The number of ether oxygens (including phenoxy) is 1. The molecule has 0 aromatic heterocycles. The van der Waals surface area contributed by atoms with E-state index in [2.05, 4.69) is 34.5 Å². The molecule has 1 N–H and O–H groups in total. The number of carbonyl (C=O) groups is 2. The summed E-state index contributed by atoms with van der Waals surface area (Å²) in [5.41, 5.74) is 1.29. The van der Waals surface area contributed by atoms with Crippen LogP contribution in [0.4, 0.5) is 4.79 Å². The monoisotopic (exact) mass is 433 g/mol. The normalized spacial score (nSPS) is 22.5. The molecule has 0 aliphatic carbocycles.